The average Bonchev–Trinajstić information content (AvgIpc) is 1.41. The summed E-state index contributed by atoms with van der Waals surface area (Å²) in [7, 11) is 0. The molecule has 0 aromatic carbocycles. The van der Waals surface area contributed by atoms with Gasteiger partial charge in [-0.1, -0.05) is 0 Å². The Morgan fingerprint density at radius 3 is 2.40 bits per heavy atom. The molecule has 0 saturated heterocycles. The number of rotatable bonds is 0. The second-order valence-corrected chi connectivity index (χ2v) is 0.383. The van der Waals surface area contributed by atoms with E-state index in [2.05, 4.69) is 0 Å². The zero-order valence-corrected chi connectivity index (χ0v) is 2.40. The Morgan fingerprint density at radius 2 is 2.40 bits per heavy atom. The van der Waals surface area contributed by atoms with E-state index in [1.54, 1.807) is 0 Å². The highest BCUT2D eigenvalue weighted by molar-refractivity contribution is 4.93. The van der Waals surface area contributed by atoms with Gasteiger partial charge in [-0.15, -0.1) is 0 Å². The van der Waals surface area contributed by atoms with E-state index in [0.717, 1.165) is 6.33 Å². The number of hydrogen-bond donors (Lipinski definition) is 0. The van der Waals surface area contributed by atoms with Crippen LogP contribution in [0.5, 0.6) is 0 Å². The SMILES string of the molecule is N#C/C=[C]/F. The molecule has 0 aliphatic heterocycles. The molecule has 0 aliphatic carbocycles. The topological polar surface area (TPSA) is 23.8 Å². The first-order valence-corrected chi connectivity index (χ1v) is 0.990. The molecule has 0 amide bonds. The molecule has 0 aromatic rings. The zero-order valence-electron chi connectivity index (χ0n) is 2.40. The van der Waals surface area contributed by atoms with Crippen LogP contribution in [0.4, 0.5) is 4.39 Å². The maximum atomic E-state index is 10.5. The molecular weight excluding hydrogens is 69.0 g/mol. The van der Waals surface area contributed by atoms with Gasteiger partial charge in [-0.3, -0.25) is 0 Å². The Kier molecular flexibility index (Phi) is 2.63. The van der Waals surface area contributed by atoms with Gasteiger partial charge in [-0.2, -0.15) is 5.26 Å². The molecule has 0 saturated carbocycles. The van der Waals surface area contributed by atoms with Gasteiger partial charge in [0.2, 0.25) is 0 Å². The summed E-state index contributed by atoms with van der Waals surface area (Å²) >= 11 is 0. The third-order valence-corrected chi connectivity index (χ3v) is 0.119. The highest BCUT2D eigenvalue weighted by atomic mass is 19.1. The minimum atomic E-state index is 0.639. The Labute approximate surface area is 29.3 Å². The first-order valence-electron chi connectivity index (χ1n) is 0.990. The number of hydrogen-bond acceptors (Lipinski definition) is 1. The summed E-state index contributed by atoms with van der Waals surface area (Å²) in [6.07, 6.45) is 1.67. The maximum Gasteiger partial charge on any atom is 0.169 e. The minimum Gasteiger partial charge on any atom is -0.203 e. The summed E-state index contributed by atoms with van der Waals surface area (Å²) in [4.78, 5) is 0. The number of allylic oxidation sites excluding steroid dienone is 1. The lowest BCUT2D eigenvalue weighted by atomic mass is 10.7. The first kappa shape index (κ1) is 4.16. The van der Waals surface area contributed by atoms with Crippen molar-refractivity contribution in [1.29, 1.82) is 5.26 Å². The fourth-order valence-corrected chi connectivity index (χ4v) is 0.0244. The van der Waals surface area contributed by atoms with Crippen molar-refractivity contribution >= 4 is 0 Å². The highest BCUT2D eigenvalue weighted by Crippen LogP contribution is 1.61. The monoisotopic (exact) mass is 70.0 g/mol. The summed E-state index contributed by atoms with van der Waals surface area (Å²) in [5.74, 6) is 0. The summed E-state index contributed by atoms with van der Waals surface area (Å²) in [6, 6.07) is 1.41. The minimum absolute atomic E-state index is 0.639. The molecule has 1 nitrogen and oxygen atoms in total. The molecule has 5 heavy (non-hydrogen) atoms. The van der Waals surface area contributed by atoms with Gasteiger partial charge in [-0.25, -0.2) is 4.39 Å². The van der Waals surface area contributed by atoms with E-state index in [1.807, 2.05) is 0 Å². The molecule has 0 fully saturated rings. The van der Waals surface area contributed by atoms with Crippen molar-refractivity contribution in [3.05, 3.63) is 12.4 Å². The van der Waals surface area contributed by atoms with E-state index in [1.165, 1.54) is 6.07 Å². The molecule has 0 spiro atoms. The van der Waals surface area contributed by atoms with Gasteiger partial charge in [0.25, 0.3) is 0 Å². The van der Waals surface area contributed by atoms with Gasteiger partial charge in [0.15, 0.2) is 6.33 Å². The molecule has 0 unspecified atom stereocenters. The van der Waals surface area contributed by atoms with E-state index in [-0.39, 0.29) is 0 Å². The summed E-state index contributed by atoms with van der Waals surface area (Å²) in [6.45, 7) is 0. The van der Waals surface area contributed by atoms with E-state index >= 15 is 0 Å². The Balaban J connectivity index is 3.04. The van der Waals surface area contributed by atoms with Gasteiger partial charge in [0.05, 0.1) is 12.1 Å². The molecule has 0 aliphatic rings. The number of nitriles is 1. The fraction of sp³-hybridized carbons (Fsp3) is 0. The van der Waals surface area contributed by atoms with Crippen molar-refractivity contribution in [3.8, 4) is 6.07 Å². The smallest absolute Gasteiger partial charge is 0.169 e. The third kappa shape index (κ3) is 3.16. The molecule has 25 valence electrons. The molecule has 1 radical (unpaired) electrons. The van der Waals surface area contributed by atoms with Gasteiger partial charge < -0.3 is 0 Å². The van der Waals surface area contributed by atoms with E-state index in [9.17, 15) is 4.39 Å². The van der Waals surface area contributed by atoms with Crippen LogP contribution >= 0.6 is 0 Å². The molecular formula is C3HFN. The number of nitrogens with zero attached hydrogens (tertiary/aromatic N) is 1. The molecule has 0 bridgehead atoms. The fourth-order valence-electron chi connectivity index (χ4n) is 0.0244. The molecule has 0 rings (SSSR count). The van der Waals surface area contributed by atoms with Gasteiger partial charge in [0.1, 0.15) is 0 Å². The Bertz CT molecular complexity index is 69.5. The second-order valence-electron chi connectivity index (χ2n) is 0.383. The zero-order chi connectivity index (χ0) is 4.12. The lowest BCUT2D eigenvalue weighted by molar-refractivity contribution is 0.684. The average molecular weight is 70.0 g/mol. The predicted molar refractivity (Wildman–Crippen MR) is 14.5 cm³/mol. The second kappa shape index (κ2) is 3.16. The van der Waals surface area contributed by atoms with Crippen LogP contribution in [0.2, 0.25) is 0 Å². The maximum absolute atomic E-state index is 10.5. The first-order chi connectivity index (χ1) is 2.41. The van der Waals surface area contributed by atoms with E-state index < -0.39 is 0 Å². The van der Waals surface area contributed by atoms with Crippen molar-refractivity contribution in [2.45, 2.75) is 0 Å². The van der Waals surface area contributed by atoms with Crippen molar-refractivity contribution < 1.29 is 4.39 Å². The molecule has 0 aromatic heterocycles. The van der Waals surface area contributed by atoms with Crippen LogP contribution in [0.3, 0.4) is 0 Å². The van der Waals surface area contributed by atoms with Crippen LogP contribution in [-0.4, -0.2) is 0 Å². The third-order valence-electron chi connectivity index (χ3n) is 0.119. The van der Waals surface area contributed by atoms with Crippen LogP contribution in [0.25, 0.3) is 0 Å². The summed E-state index contributed by atoms with van der Waals surface area (Å²) < 4.78 is 10.5. The molecule has 2 heteroatoms. The molecule has 0 N–H and O–H groups in total. The van der Waals surface area contributed by atoms with Crippen molar-refractivity contribution in [3.63, 3.8) is 0 Å². The summed E-state index contributed by atoms with van der Waals surface area (Å²) in [5, 5.41) is 7.46. The van der Waals surface area contributed by atoms with E-state index in [4.69, 9.17) is 5.26 Å². The van der Waals surface area contributed by atoms with Gasteiger partial charge in [0, 0.05) is 0 Å². The van der Waals surface area contributed by atoms with Gasteiger partial charge >= 0.3 is 0 Å². The predicted octanol–water partition coefficient (Wildman–Crippen LogP) is 0.796. The standard InChI is InChI=1S/C3HFN/c4-2-1-3-5/h1H. The quantitative estimate of drug-likeness (QED) is 0.386. The van der Waals surface area contributed by atoms with Crippen LogP contribution in [0, 0.1) is 17.7 Å². The normalized spacial score (nSPS) is 8.00. The Hall–Kier alpha value is -0.840. The highest BCUT2D eigenvalue weighted by Gasteiger charge is 1.52. The van der Waals surface area contributed by atoms with Crippen LogP contribution < -0.4 is 0 Å². The van der Waals surface area contributed by atoms with Crippen LogP contribution in [-0.2, 0) is 0 Å². The lowest BCUT2D eigenvalue weighted by Crippen LogP contribution is -1.34. The molecule has 0 heterocycles. The lowest BCUT2D eigenvalue weighted by Gasteiger charge is -1.41. The number of halogens is 1. The Morgan fingerprint density at radius 1 is 1.80 bits per heavy atom. The van der Waals surface area contributed by atoms with Crippen molar-refractivity contribution in [2.75, 3.05) is 0 Å². The largest absolute Gasteiger partial charge is 0.203 e. The summed E-state index contributed by atoms with van der Waals surface area (Å²) in [5.41, 5.74) is 0. The van der Waals surface area contributed by atoms with Crippen LogP contribution in [0.15, 0.2) is 6.08 Å². The van der Waals surface area contributed by atoms with E-state index in [0.29, 0.717) is 6.08 Å². The van der Waals surface area contributed by atoms with Gasteiger partial charge in [-0.05, 0) is 0 Å². The molecule has 0 atom stereocenters. The van der Waals surface area contributed by atoms with Crippen LogP contribution in [0.1, 0.15) is 0 Å². The van der Waals surface area contributed by atoms with Crippen molar-refractivity contribution in [1.82, 2.24) is 0 Å². The van der Waals surface area contributed by atoms with Crippen molar-refractivity contribution in [2.24, 2.45) is 0 Å².